The van der Waals surface area contributed by atoms with Gasteiger partial charge in [-0.05, 0) is 49.2 Å². The predicted molar refractivity (Wildman–Crippen MR) is 105 cm³/mol. The van der Waals surface area contributed by atoms with Gasteiger partial charge in [0, 0.05) is 6.20 Å². The van der Waals surface area contributed by atoms with Crippen molar-refractivity contribution in [3.05, 3.63) is 71.8 Å². The minimum atomic E-state index is -1.72. The summed E-state index contributed by atoms with van der Waals surface area (Å²) < 4.78 is 20.4. The number of halogens is 1. The summed E-state index contributed by atoms with van der Waals surface area (Å²) in [6.07, 6.45) is 3.10. The van der Waals surface area contributed by atoms with Crippen LogP contribution in [0, 0.1) is 12.7 Å². The van der Waals surface area contributed by atoms with Crippen molar-refractivity contribution in [2.24, 2.45) is 0 Å². The van der Waals surface area contributed by atoms with Gasteiger partial charge in [-0.3, -0.25) is 14.3 Å². The topological polar surface area (TPSA) is 85.3 Å². The first-order chi connectivity index (χ1) is 13.8. The highest BCUT2D eigenvalue weighted by Crippen LogP contribution is 2.34. The van der Waals surface area contributed by atoms with Crippen LogP contribution in [0.5, 0.6) is 5.75 Å². The molecule has 0 aliphatic carbocycles. The summed E-state index contributed by atoms with van der Waals surface area (Å²) >= 11 is 0. The molecule has 1 atom stereocenters. The number of ether oxygens (including phenoxy) is 1. The maximum absolute atomic E-state index is 13.0. The second kappa shape index (κ2) is 7.05. The van der Waals surface area contributed by atoms with Crippen LogP contribution < -0.4 is 15.4 Å². The third-order valence-corrected chi connectivity index (χ3v) is 4.71. The van der Waals surface area contributed by atoms with E-state index in [-0.39, 0.29) is 5.82 Å². The molecule has 148 valence electrons. The largest absolute Gasteiger partial charge is 0.466 e. The van der Waals surface area contributed by atoms with E-state index in [0.29, 0.717) is 23.7 Å². The van der Waals surface area contributed by atoms with E-state index in [4.69, 9.17) is 4.74 Å². The van der Waals surface area contributed by atoms with E-state index in [9.17, 15) is 14.0 Å². The average Bonchev–Trinajstić information content (AvgIpc) is 3.11. The van der Waals surface area contributed by atoms with Crippen molar-refractivity contribution in [1.82, 2.24) is 9.78 Å². The number of carbonyl (C=O) groups is 2. The number of fused-ring (bicyclic) bond motifs is 1. The molecule has 2 amide bonds. The van der Waals surface area contributed by atoms with Gasteiger partial charge in [-0.25, -0.2) is 4.39 Å². The van der Waals surface area contributed by atoms with E-state index in [1.807, 2.05) is 13.0 Å². The molecule has 7 nitrogen and oxygen atoms in total. The summed E-state index contributed by atoms with van der Waals surface area (Å²) in [6.45, 7) is 3.73. The van der Waals surface area contributed by atoms with Crippen LogP contribution in [0.4, 0.5) is 15.8 Å². The van der Waals surface area contributed by atoms with Gasteiger partial charge in [0.25, 0.3) is 17.4 Å². The molecule has 0 bridgehead atoms. The van der Waals surface area contributed by atoms with E-state index in [2.05, 4.69) is 15.7 Å². The molecule has 1 aliphatic heterocycles. The van der Waals surface area contributed by atoms with Crippen molar-refractivity contribution in [3.63, 3.8) is 0 Å². The van der Waals surface area contributed by atoms with E-state index in [0.717, 1.165) is 11.1 Å². The number of anilines is 2. The number of nitrogens with zero attached hydrogens (tertiary/aromatic N) is 2. The first-order valence-corrected chi connectivity index (χ1v) is 9.03. The molecular formula is C21H19FN4O3. The van der Waals surface area contributed by atoms with Gasteiger partial charge < -0.3 is 15.4 Å². The molecule has 1 aromatic heterocycles. The Balaban J connectivity index is 1.47. The van der Waals surface area contributed by atoms with Crippen molar-refractivity contribution in [2.75, 3.05) is 10.6 Å². The zero-order valence-corrected chi connectivity index (χ0v) is 15.9. The summed E-state index contributed by atoms with van der Waals surface area (Å²) in [7, 11) is 0. The average molecular weight is 394 g/mol. The molecule has 2 heterocycles. The molecule has 0 fully saturated rings. The Morgan fingerprint density at radius 1 is 1.28 bits per heavy atom. The molecule has 29 heavy (non-hydrogen) atoms. The monoisotopic (exact) mass is 394 g/mol. The van der Waals surface area contributed by atoms with Crippen LogP contribution in [0.25, 0.3) is 0 Å². The molecule has 3 aromatic rings. The van der Waals surface area contributed by atoms with Gasteiger partial charge in [0.05, 0.1) is 24.1 Å². The molecule has 4 rings (SSSR count). The lowest BCUT2D eigenvalue weighted by Crippen LogP contribution is -2.56. The van der Waals surface area contributed by atoms with Crippen molar-refractivity contribution >= 4 is 23.2 Å². The van der Waals surface area contributed by atoms with E-state index < -0.39 is 17.4 Å². The maximum Gasteiger partial charge on any atom is 0.278 e. The highest BCUT2D eigenvalue weighted by Gasteiger charge is 2.47. The Bertz CT molecular complexity index is 1090. The van der Waals surface area contributed by atoms with Gasteiger partial charge in [-0.15, -0.1) is 0 Å². The second-order valence-corrected chi connectivity index (χ2v) is 7.10. The second-order valence-electron chi connectivity index (χ2n) is 7.10. The smallest absolute Gasteiger partial charge is 0.278 e. The van der Waals surface area contributed by atoms with Gasteiger partial charge >= 0.3 is 0 Å². The fourth-order valence-corrected chi connectivity index (χ4v) is 3.03. The predicted octanol–water partition coefficient (Wildman–Crippen LogP) is 3.11. The minimum Gasteiger partial charge on any atom is -0.466 e. The third-order valence-electron chi connectivity index (χ3n) is 4.71. The van der Waals surface area contributed by atoms with Crippen LogP contribution in [0.1, 0.15) is 18.1 Å². The number of amides is 2. The quantitative estimate of drug-likeness (QED) is 0.666. The first-order valence-electron chi connectivity index (χ1n) is 9.03. The molecule has 2 aromatic carbocycles. The van der Waals surface area contributed by atoms with Crippen LogP contribution in [0.3, 0.4) is 0 Å². The molecule has 0 saturated carbocycles. The molecule has 8 heteroatoms. The zero-order chi connectivity index (χ0) is 20.6. The van der Waals surface area contributed by atoms with Crippen molar-refractivity contribution < 1.29 is 18.7 Å². The van der Waals surface area contributed by atoms with E-state index in [1.54, 1.807) is 35.1 Å². The maximum atomic E-state index is 13.0. The van der Waals surface area contributed by atoms with Gasteiger partial charge in [0.2, 0.25) is 0 Å². The summed E-state index contributed by atoms with van der Waals surface area (Å²) in [5.74, 6) is -1.04. The van der Waals surface area contributed by atoms with Crippen molar-refractivity contribution in [2.45, 2.75) is 26.0 Å². The Kier molecular flexibility index (Phi) is 4.54. The minimum absolute atomic E-state index is 0.307. The standard InChI is InChI=1S/C21H19FN4O3/c1-13-3-8-18-17(9-13)25-20(28)21(2,29-18)19(27)24-16-10-23-26(12-16)11-14-4-6-15(22)7-5-14/h3-10,12H,11H2,1-2H3,(H,24,27)(H,25,28). The Hall–Kier alpha value is -3.68. The molecular weight excluding hydrogens is 375 g/mol. The number of hydrogen-bond donors (Lipinski definition) is 2. The normalized spacial score (nSPS) is 17.8. The van der Waals surface area contributed by atoms with E-state index >= 15 is 0 Å². The van der Waals surface area contributed by atoms with Gasteiger partial charge in [0.1, 0.15) is 11.6 Å². The highest BCUT2D eigenvalue weighted by atomic mass is 19.1. The Labute approximate surface area is 166 Å². The molecule has 0 radical (unpaired) electrons. The molecule has 0 saturated heterocycles. The van der Waals surface area contributed by atoms with Gasteiger partial charge in [0.15, 0.2) is 0 Å². The number of benzene rings is 2. The Morgan fingerprint density at radius 3 is 2.79 bits per heavy atom. The number of aromatic nitrogens is 2. The number of rotatable bonds is 4. The molecule has 0 spiro atoms. The van der Waals surface area contributed by atoms with Crippen LogP contribution in [-0.2, 0) is 16.1 Å². The van der Waals surface area contributed by atoms with E-state index in [1.165, 1.54) is 25.3 Å². The first kappa shape index (κ1) is 18.7. The SMILES string of the molecule is Cc1ccc2c(c1)NC(=O)C(C)(C(=O)Nc1cnn(Cc3ccc(F)cc3)c1)O2. The van der Waals surface area contributed by atoms with Gasteiger partial charge in [-0.2, -0.15) is 5.10 Å². The lowest BCUT2D eigenvalue weighted by atomic mass is 10.0. The summed E-state index contributed by atoms with van der Waals surface area (Å²) in [5, 5.41) is 9.58. The molecule has 2 N–H and O–H groups in total. The summed E-state index contributed by atoms with van der Waals surface area (Å²) in [4.78, 5) is 25.4. The van der Waals surface area contributed by atoms with Gasteiger partial charge in [-0.1, -0.05) is 18.2 Å². The van der Waals surface area contributed by atoms with Crippen molar-refractivity contribution in [1.29, 1.82) is 0 Å². The number of carbonyl (C=O) groups excluding carboxylic acids is 2. The molecule has 1 unspecified atom stereocenters. The lowest BCUT2D eigenvalue weighted by molar-refractivity contribution is -0.143. The number of aryl methyl sites for hydroxylation is 1. The fraction of sp³-hybridized carbons (Fsp3) is 0.190. The van der Waals surface area contributed by atoms with Crippen LogP contribution in [0.2, 0.25) is 0 Å². The van der Waals surface area contributed by atoms with Crippen molar-refractivity contribution in [3.8, 4) is 5.75 Å². The summed E-state index contributed by atoms with van der Waals surface area (Å²) in [5.41, 5.74) is 1.06. The lowest BCUT2D eigenvalue weighted by Gasteiger charge is -2.33. The molecule has 1 aliphatic rings. The van der Waals surface area contributed by atoms with Crippen LogP contribution in [-0.4, -0.2) is 27.2 Å². The highest BCUT2D eigenvalue weighted by molar-refractivity contribution is 6.18. The fourth-order valence-electron chi connectivity index (χ4n) is 3.03. The zero-order valence-electron chi connectivity index (χ0n) is 15.9. The number of hydrogen-bond acceptors (Lipinski definition) is 4. The van der Waals surface area contributed by atoms with Crippen LogP contribution >= 0.6 is 0 Å². The third kappa shape index (κ3) is 3.69. The number of nitrogens with one attached hydrogen (secondary N) is 2. The Morgan fingerprint density at radius 2 is 2.03 bits per heavy atom. The van der Waals surface area contributed by atoms with Crippen LogP contribution in [0.15, 0.2) is 54.9 Å². The summed E-state index contributed by atoms with van der Waals surface area (Å²) in [6, 6.07) is 11.4.